The minimum atomic E-state index is -1.68. The minimum Gasteiger partial charge on any atom is -0.465 e. The molecule has 0 bridgehead atoms. The Labute approximate surface area is 139 Å². The molecule has 24 heavy (non-hydrogen) atoms. The van der Waals surface area contributed by atoms with Gasteiger partial charge in [-0.25, -0.2) is 0 Å². The average molecular weight is 336 g/mol. The molecule has 0 aromatic heterocycles. The lowest BCUT2D eigenvalue weighted by Gasteiger charge is -2.16. The molecule has 1 aromatic rings. The molecule has 0 heterocycles. The van der Waals surface area contributed by atoms with Crippen LogP contribution in [0.4, 0.5) is 0 Å². The molecule has 0 saturated carbocycles. The van der Waals surface area contributed by atoms with Crippen LogP contribution in [-0.2, 0) is 35.2 Å². The van der Waals surface area contributed by atoms with Gasteiger partial charge in [0.25, 0.3) is 17.9 Å². The van der Waals surface area contributed by atoms with Crippen LogP contribution in [0.3, 0.4) is 0 Å². The lowest BCUT2D eigenvalue weighted by molar-refractivity contribution is -0.160. The molecule has 0 saturated heterocycles. The molecule has 2 amide bonds. The van der Waals surface area contributed by atoms with E-state index in [1.807, 2.05) is 6.07 Å². The van der Waals surface area contributed by atoms with Gasteiger partial charge in [0.1, 0.15) is 6.54 Å². The molecule has 1 aromatic carbocycles. The summed E-state index contributed by atoms with van der Waals surface area (Å²) in [5, 5.41) is 4.71. The van der Waals surface area contributed by atoms with Gasteiger partial charge in [-0.05, 0) is 12.5 Å². The molecule has 0 aliphatic heterocycles. The number of rotatable bonds is 8. The maximum atomic E-state index is 12.1. The smallest absolute Gasteiger partial charge is 0.325 e. The third-order valence-corrected chi connectivity index (χ3v) is 2.78. The summed E-state index contributed by atoms with van der Waals surface area (Å²) < 4.78 is 9.40. The first-order valence-electron chi connectivity index (χ1n) is 7.36. The molecule has 8 nitrogen and oxygen atoms in total. The van der Waals surface area contributed by atoms with Crippen molar-refractivity contribution >= 4 is 23.8 Å². The van der Waals surface area contributed by atoms with Gasteiger partial charge in [-0.2, -0.15) is 0 Å². The summed E-state index contributed by atoms with van der Waals surface area (Å²) in [5.41, 5.74) is 0.819. The molecule has 8 heteroatoms. The number of nitrogens with one attached hydrogen (secondary N) is 2. The quantitative estimate of drug-likeness (QED) is 0.507. The third kappa shape index (κ3) is 6.91. The van der Waals surface area contributed by atoms with Crippen LogP contribution in [0.25, 0.3) is 0 Å². The highest BCUT2D eigenvalue weighted by Gasteiger charge is 2.30. The summed E-state index contributed by atoms with van der Waals surface area (Å²) >= 11 is 0. The standard InChI is InChI=1S/C16H20N2O6/c1-3-23-13(20)10-18-16(22)14(24-11(2)19)15(21)17-9-12-7-5-4-6-8-12/h4-8,14H,3,9-10H2,1-2H3,(H,17,21)(H,18,22). The van der Waals surface area contributed by atoms with Crippen molar-refractivity contribution in [3.63, 3.8) is 0 Å². The first-order chi connectivity index (χ1) is 11.4. The van der Waals surface area contributed by atoms with Crippen LogP contribution in [0, 0.1) is 0 Å². The summed E-state index contributed by atoms with van der Waals surface area (Å²) in [6.07, 6.45) is -1.68. The van der Waals surface area contributed by atoms with E-state index in [-0.39, 0.29) is 13.2 Å². The van der Waals surface area contributed by atoms with E-state index in [0.717, 1.165) is 12.5 Å². The van der Waals surface area contributed by atoms with E-state index in [1.165, 1.54) is 0 Å². The van der Waals surface area contributed by atoms with Crippen molar-refractivity contribution in [1.29, 1.82) is 0 Å². The van der Waals surface area contributed by atoms with E-state index in [9.17, 15) is 19.2 Å². The first-order valence-corrected chi connectivity index (χ1v) is 7.36. The maximum Gasteiger partial charge on any atom is 0.325 e. The number of hydrogen-bond donors (Lipinski definition) is 2. The lowest BCUT2D eigenvalue weighted by Crippen LogP contribution is -2.48. The molecular formula is C16H20N2O6. The zero-order chi connectivity index (χ0) is 17.9. The Morgan fingerprint density at radius 3 is 2.25 bits per heavy atom. The second-order valence-corrected chi connectivity index (χ2v) is 4.72. The van der Waals surface area contributed by atoms with Crippen molar-refractivity contribution in [3.05, 3.63) is 35.9 Å². The highest BCUT2D eigenvalue weighted by molar-refractivity contribution is 6.05. The van der Waals surface area contributed by atoms with Crippen LogP contribution in [0.2, 0.25) is 0 Å². The van der Waals surface area contributed by atoms with Crippen LogP contribution in [0.5, 0.6) is 0 Å². The van der Waals surface area contributed by atoms with Crippen molar-refractivity contribution in [2.45, 2.75) is 26.5 Å². The molecule has 1 unspecified atom stereocenters. The monoisotopic (exact) mass is 336 g/mol. The zero-order valence-electron chi connectivity index (χ0n) is 13.5. The first kappa shape index (κ1) is 19.1. The van der Waals surface area contributed by atoms with Gasteiger partial charge < -0.3 is 20.1 Å². The van der Waals surface area contributed by atoms with Crippen molar-refractivity contribution in [3.8, 4) is 0 Å². The Balaban J connectivity index is 2.62. The van der Waals surface area contributed by atoms with E-state index in [0.29, 0.717) is 0 Å². The number of carbonyl (C=O) groups is 4. The Hall–Kier alpha value is -2.90. The van der Waals surface area contributed by atoms with Gasteiger partial charge in [0.05, 0.1) is 6.61 Å². The molecule has 0 aliphatic rings. The number of ether oxygens (including phenoxy) is 2. The van der Waals surface area contributed by atoms with Crippen LogP contribution in [0.1, 0.15) is 19.4 Å². The van der Waals surface area contributed by atoms with Gasteiger partial charge >= 0.3 is 11.9 Å². The summed E-state index contributed by atoms with van der Waals surface area (Å²) in [4.78, 5) is 46.4. The lowest BCUT2D eigenvalue weighted by atomic mass is 10.2. The van der Waals surface area contributed by atoms with E-state index in [4.69, 9.17) is 4.74 Å². The number of hydrogen-bond acceptors (Lipinski definition) is 6. The molecule has 0 radical (unpaired) electrons. The van der Waals surface area contributed by atoms with E-state index >= 15 is 0 Å². The molecule has 130 valence electrons. The predicted molar refractivity (Wildman–Crippen MR) is 83.5 cm³/mol. The van der Waals surface area contributed by atoms with Crippen LogP contribution in [-0.4, -0.2) is 43.0 Å². The second kappa shape index (κ2) is 9.98. The maximum absolute atomic E-state index is 12.1. The van der Waals surface area contributed by atoms with Gasteiger partial charge in [0, 0.05) is 13.5 Å². The predicted octanol–water partition coefficient (Wildman–Crippen LogP) is -0.0862. The van der Waals surface area contributed by atoms with Gasteiger partial charge in [0.15, 0.2) is 0 Å². The van der Waals surface area contributed by atoms with Gasteiger partial charge in [0.2, 0.25) is 0 Å². The number of amides is 2. The van der Waals surface area contributed by atoms with Gasteiger partial charge in [-0.3, -0.25) is 19.2 Å². The molecule has 1 atom stereocenters. The summed E-state index contributed by atoms with van der Waals surface area (Å²) in [6.45, 7) is 2.62. The van der Waals surface area contributed by atoms with Crippen LogP contribution < -0.4 is 10.6 Å². The molecular weight excluding hydrogens is 316 g/mol. The molecule has 0 aliphatic carbocycles. The highest BCUT2D eigenvalue weighted by atomic mass is 16.6. The van der Waals surface area contributed by atoms with Crippen molar-refractivity contribution in [2.75, 3.05) is 13.2 Å². The summed E-state index contributed by atoms with van der Waals surface area (Å²) in [7, 11) is 0. The second-order valence-electron chi connectivity index (χ2n) is 4.72. The number of esters is 2. The minimum absolute atomic E-state index is 0.166. The number of benzene rings is 1. The van der Waals surface area contributed by atoms with Crippen LogP contribution in [0.15, 0.2) is 30.3 Å². The Bertz CT molecular complexity index is 587. The number of carbonyl (C=O) groups excluding carboxylic acids is 4. The highest BCUT2D eigenvalue weighted by Crippen LogP contribution is 2.00. The SMILES string of the molecule is CCOC(=O)CNC(=O)C(OC(C)=O)C(=O)NCc1ccccc1. The van der Waals surface area contributed by atoms with Gasteiger partial charge in [-0.15, -0.1) is 0 Å². The fraction of sp³-hybridized carbons (Fsp3) is 0.375. The average Bonchev–Trinajstić information content (AvgIpc) is 2.56. The normalized spacial score (nSPS) is 11.1. The fourth-order valence-corrected chi connectivity index (χ4v) is 1.73. The van der Waals surface area contributed by atoms with E-state index in [1.54, 1.807) is 31.2 Å². The Morgan fingerprint density at radius 1 is 1.04 bits per heavy atom. The molecule has 2 N–H and O–H groups in total. The zero-order valence-corrected chi connectivity index (χ0v) is 13.5. The van der Waals surface area contributed by atoms with E-state index < -0.39 is 36.4 Å². The third-order valence-electron chi connectivity index (χ3n) is 2.78. The molecule has 0 fully saturated rings. The Morgan fingerprint density at radius 2 is 1.67 bits per heavy atom. The van der Waals surface area contributed by atoms with Crippen molar-refractivity contribution in [2.24, 2.45) is 0 Å². The van der Waals surface area contributed by atoms with Crippen LogP contribution >= 0.6 is 0 Å². The van der Waals surface area contributed by atoms with Crippen molar-refractivity contribution in [1.82, 2.24) is 10.6 Å². The Kier molecular flexibility index (Phi) is 7.97. The summed E-state index contributed by atoms with van der Waals surface area (Å²) in [5.74, 6) is -3.13. The van der Waals surface area contributed by atoms with Gasteiger partial charge in [-0.1, -0.05) is 30.3 Å². The topological polar surface area (TPSA) is 111 Å². The summed E-state index contributed by atoms with van der Waals surface area (Å²) in [6, 6.07) is 9.02. The molecule has 0 spiro atoms. The van der Waals surface area contributed by atoms with Crippen molar-refractivity contribution < 1.29 is 28.7 Å². The molecule has 1 rings (SSSR count). The van der Waals surface area contributed by atoms with E-state index in [2.05, 4.69) is 15.4 Å². The largest absolute Gasteiger partial charge is 0.465 e. The fourth-order valence-electron chi connectivity index (χ4n) is 1.73.